The van der Waals surface area contributed by atoms with Gasteiger partial charge in [-0.25, -0.2) is 13.4 Å². The number of furan rings is 1. The van der Waals surface area contributed by atoms with Gasteiger partial charge >= 0.3 is 0 Å². The van der Waals surface area contributed by atoms with E-state index in [9.17, 15) is 13.2 Å². The van der Waals surface area contributed by atoms with Crippen LogP contribution in [0.1, 0.15) is 35.9 Å². The molecule has 4 rings (SSSR count). The largest absolute Gasteiger partial charge is 0.460 e. The highest BCUT2D eigenvalue weighted by Gasteiger charge is 2.28. The van der Waals surface area contributed by atoms with Crippen LogP contribution in [0.3, 0.4) is 0 Å². The maximum atomic E-state index is 12.9. The average molecular weight is 446 g/mol. The third-order valence-electron chi connectivity index (χ3n) is 5.09. The van der Waals surface area contributed by atoms with Crippen LogP contribution in [0, 0.1) is 12.8 Å². The van der Waals surface area contributed by atoms with Crippen molar-refractivity contribution >= 4 is 32.4 Å². The second-order valence-corrected chi connectivity index (χ2v) is 10.3. The standard InChI is InChI=1S/C21H23N3O4S2/c1-14-4-3-11-24(12-14)30(26,27)17-8-6-16(7-9-17)20(25)23-21-22-18(13-29-21)19-10-5-15(2)28-19/h5-10,13-14H,3-4,11-12H2,1-2H3,(H,22,23,25)/t14-/m1/s1. The fourth-order valence-electron chi connectivity index (χ4n) is 3.48. The zero-order valence-electron chi connectivity index (χ0n) is 16.8. The van der Waals surface area contributed by atoms with Crippen molar-refractivity contribution < 1.29 is 17.6 Å². The number of nitrogens with one attached hydrogen (secondary N) is 1. The Morgan fingerprint density at radius 2 is 2.00 bits per heavy atom. The van der Waals surface area contributed by atoms with Crippen LogP contribution in [0.25, 0.3) is 11.5 Å². The number of aryl methyl sites for hydroxylation is 1. The third-order valence-corrected chi connectivity index (χ3v) is 7.73. The van der Waals surface area contributed by atoms with E-state index in [1.165, 1.54) is 39.9 Å². The van der Waals surface area contributed by atoms with Crippen LogP contribution in [-0.2, 0) is 10.0 Å². The summed E-state index contributed by atoms with van der Waals surface area (Å²) in [6, 6.07) is 9.72. The summed E-state index contributed by atoms with van der Waals surface area (Å²) in [6.45, 7) is 4.99. The maximum absolute atomic E-state index is 12.9. The van der Waals surface area contributed by atoms with Gasteiger partial charge in [-0.15, -0.1) is 11.3 Å². The minimum absolute atomic E-state index is 0.206. The summed E-state index contributed by atoms with van der Waals surface area (Å²) in [6.07, 6.45) is 1.91. The minimum Gasteiger partial charge on any atom is -0.460 e. The molecule has 0 aliphatic carbocycles. The first kappa shape index (κ1) is 20.8. The minimum atomic E-state index is -3.54. The predicted octanol–water partition coefficient (Wildman–Crippen LogP) is 4.38. The number of anilines is 1. The smallest absolute Gasteiger partial charge is 0.257 e. The molecule has 0 bridgehead atoms. The topological polar surface area (TPSA) is 92.5 Å². The van der Waals surface area contributed by atoms with Crippen molar-refractivity contribution in [3.8, 4) is 11.5 Å². The summed E-state index contributed by atoms with van der Waals surface area (Å²) in [5.41, 5.74) is 1.02. The Hall–Kier alpha value is -2.49. The van der Waals surface area contributed by atoms with Gasteiger partial charge in [-0.05, 0) is 62.1 Å². The number of amides is 1. The molecule has 0 saturated carbocycles. The van der Waals surface area contributed by atoms with Gasteiger partial charge in [-0.2, -0.15) is 4.31 Å². The Bertz CT molecular complexity index is 1150. The van der Waals surface area contributed by atoms with Crippen LogP contribution in [0.5, 0.6) is 0 Å². The number of hydrogen-bond donors (Lipinski definition) is 1. The van der Waals surface area contributed by atoms with E-state index in [4.69, 9.17) is 4.42 Å². The van der Waals surface area contributed by atoms with E-state index in [-0.39, 0.29) is 10.8 Å². The van der Waals surface area contributed by atoms with Gasteiger partial charge in [0, 0.05) is 24.0 Å². The number of benzene rings is 1. The lowest BCUT2D eigenvalue weighted by Gasteiger charge is -2.30. The second kappa shape index (κ2) is 8.33. The Labute approximate surface area is 179 Å². The Balaban J connectivity index is 1.45. The molecule has 0 unspecified atom stereocenters. The maximum Gasteiger partial charge on any atom is 0.257 e. The molecule has 1 aliphatic heterocycles. The second-order valence-electron chi connectivity index (χ2n) is 7.54. The Morgan fingerprint density at radius 1 is 1.23 bits per heavy atom. The molecule has 0 spiro atoms. The van der Waals surface area contributed by atoms with E-state index >= 15 is 0 Å². The first-order valence-corrected chi connectivity index (χ1v) is 12.1. The molecule has 158 valence electrons. The molecule has 30 heavy (non-hydrogen) atoms. The normalized spacial score (nSPS) is 17.7. The Morgan fingerprint density at radius 3 is 2.67 bits per heavy atom. The SMILES string of the molecule is Cc1ccc(-c2csc(NC(=O)c3ccc(S(=O)(=O)N4CCC[C@@H](C)C4)cc3)n2)o1. The first-order valence-electron chi connectivity index (χ1n) is 9.77. The molecule has 1 saturated heterocycles. The number of carbonyl (C=O) groups excluding carboxylic acids is 1. The van der Waals surface area contributed by atoms with E-state index in [1.54, 1.807) is 0 Å². The molecule has 2 aromatic heterocycles. The number of hydrogen-bond acceptors (Lipinski definition) is 6. The van der Waals surface area contributed by atoms with Gasteiger partial charge in [0.25, 0.3) is 5.91 Å². The van der Waals surface area contributed by atoms with Crippen molar-refractivity contribution in [2.75, 3.05) is 18.4 Å². The van der Waals surface area contributed by atoms with Gasteiger partial charge in [-0.3, -0.25) is 10.1 Å². The van der Waals surface area contributed by atoms with Crippen molar-refractivity contribution in [2.24, 2.45) is 5.92 Å². The van der Waals surface area contributed by atoms with E-state index < -0.39 is 10.0 Å². The summed E-state index contributed by atoms with van der Waals surface area (Å²) in [5, 5.41) is 5.01. The van der Waals surface area contributed by atoms with Crippen molar-refractivity contribution in [1.82, 2.24) is 9.29 Å². The molecule has 3 heterocycles. The number of thiazole rings is 1. The highest BCUT2D eigenvalue weighted by Crippen LogP contribution is 2.27. The third kappa shape index (κ3) is 4.33. The van der Waals surface area contributed by atoms with Crippen LogP contribution in [0.4, 0.5) is 5.13 Å². The van der Waals surface area contributed by atoms with Gasteiger partial charge in [0.15, 0.2) is 10.9 Å². The molecule has 1 amide bonds. The number of sulfonamides is 1. The molecule has 0 radical (unpaired) electrons. The van der Waals surface area contributed by atoms with Gasteiger partial charge in [0.1, 0.15) is 11.5 Å². The van der Waals surface area contributed by atoms with Crippen LogP contribution in [-0.4, -0.2) is 36.7 Å². The highest BCUT2D eigenvalue weighted by atomic mass is 32.2. The van der Waals surface area contributed by atoms with E-state index in [0.29, 0.717) is 41.2 Å². The summed E-state index contributed by atoms with van der Waals surface area (Å²) < 4.78 is 32.8. The highest BCUT2D eigenvalue weighted by molar-refractivity contribution is 7.89. The van der Waals surface area contributed by atoms with Gasteiger partial charge in [0.05, 0.1) is 4.90 Å². The fraction of sp³-hybridized carbons (Fsp3) is 0.333. The lowest BCUT2D eigenvalue weighted by Crippen LogP contribution is -2.39. The van der Waals surface area contributed by atoms with Crippen LogP contribution in [0.2, 0.25) is 0 Å². The van der Waals surface area contributed by atoms with Crippen molar-refractivity contribution in [3.05, 3.63) is 53.1 Å². The zero-order chi connectivity index (χ0) is 21.3. The van der Waals surface area contributed by atoms with Crippen LogP contribution < -0.4 is 5.32 Å². The molecule has 1 atom stereocenters. The first-order chi connectivity index (χ1) is 14.3. The fourth-order valence-corrected chi connectivity index (χ4v) is 5.77. The monoisotopic (exact) mass is 445 g/mol. The number of carbonyl (C=O) groups is 1. The number of rotatable bonds is 5. The summed E-state index contributed by atoms with van der Waals surface area (Å²) in [7, 11) is -3.54. The zero-order valence-corrected chi connectivity index (χ0v) is 18.4. The molecule has 7 nitrogen and oxygen atoms in total. The van der Waals surface area contributed by atoms with E-state index in [2.05, 4.69) is 17.2 Å². The molecular weight excluding hydrogens is 422 g/mol. The predicted molar refractivity (Wildman–Crippen MR) is 116 cm³/mol. The molecule has 1 fully saturated rings. The van der Waals surface area contributed by atoms with Crippen LogP contribution >= 0.6 is 11.3 Å². The van der Waals surface area contributed by atoms with Gasteiger partial charge in [-0.1, -0.05) is 6.92 Å². The lowest BCUT2D eigenvalue weighted by atomic mass is 10.0. The molecule has 3 aromatic rings. The quantitative estimate of drug-likeness (QED) is 0.629. The van der Waals surface area contributed by atoms with Crippen molar-refractivity contribution in [3.63, 3.8) is 0 Å². The summed E-state index contributed by atoms with van der Waals surface area (Å²) >= 11 is 1.30. The molecule has 1 aromatic carbocycles. The van der Waals surface area contributed by atoms with Crippen LogP contribution in [0.15, 0.2) is 51.1 Å². The lowest BCUT2D eigenvalue weighted by molar-refractivity contribution is 0.102. The summed E-state index contributed by atoms with van der Waals surface area (Å²) in [5.74, 6) is 1.44. The molecule has 9 heteroatoms. The van der Waals surface area contributed by atoms with Crippen molar-refractivity contribution in [2.45, 2.75) is 31.6 Å². The van der Waals surface area contributed by atoms with E-state index in [0.717, 1.165) is 18.6 Å². The van der Waals surface area contributed by atoms with Gasteiger partial charge < -0.3 is 4.42 Å². The van der Waals surface area contributed by atoms with Crippen molar-refractivity contribution in [1.29, 1.82) is 0 Å². The Kier molecular flexibility index (Phi) is 5.77. The molecular formula is C21H23N3O4S2. The summed E-state index contributed by atoms with van der Waals surface area (Å²) in [4.78, 5) is 17.1. The van der Waals surface area contributed by atoms with E-state index in [1.807, 2.05) is 24.4 Å². The number of nitrogens with zero attached hydrogens (tertiary/aromatic N) is 2. The van der Waals surface area contributed by atoms with Gasteiger partial charge in [0.2, 0.25) is 10.0 Å². The number of piperidine rings is 1. The average Bonchev–Trinajstić information content (AvgIpc) is 3.37. The molecule has 1 N–H and O–H groups in total. The molecule has 1 aliphatic rings. The number of aromatic nitrogens is 1.